The van der Waals surface area contributed by atoms with Gasteiger partial charge in [0.15, 0.2) is 5.58 Å². The molecule has 0 aliphatic rings. The Morgan fingerprint density at radius 1 is 1.10 bits per heavy atom. The summed E-state index contributed by atoms with van der Waals surface area (Å²) in [5, 5.41) is 4.34. The number of rotatable bonds is 3. The van der Waals surface area contributed by atoms with Crippen LogP contribution in [0.5, 0.6) is 0 Å². The first-order valence-corrected chi connectivity index (χ1v) is 6.87. The molecule has 3 rings (SSSR count). The van der Waals surface area contributed by atoms with Gasteiger partial charge in [-0.3, -0.25) is 0 Å². The molecule has 4 heteroatoms. The highest BCUT2D eigenvalue weighted by Gasteiger charge is 2.04. The number of aromatic nitrogens is 1. The number of nitrogens with zero attached hydrogens (tertiary/aromatic N) is 2. The highest BCUT2D eigenvalue weighted by atomic mass is 16.4. The van der Waals surface area contributed by atoms with E-state index in [9.17, 15) is 0 Å². The average Bonchev–Trinajstić information content (AvgIpc) is 2.90. The van der Waals surface area contributed by atoms with Gasteiger partial charge in [0.05, 0.1) is 5.71 Å². The van der Waals surface area contributed by atoms with Gasteiger partial charge in [-0.1, -0.05) is 24.3 Å². The van der Waals surface area contributed by atoms with Gasteiger partial charge in [-0.05, 0) is 55.7 Å². The third-order valence-corrected chi connectivity index (χ3v) is 3.54. The van der Waals surface area contributed by atoms with E-state index in [4.69, 9.17) is 4.42 Å². The van der Waals surface area contributed by atoms with Crippen LogP contribution in [0.1, 0.15) is 23.6 Å². The molecule has 2 aromatic carbocycles. The summed E-state index contributed by atoms with van der Waals surface area (Å²) in [7, 11) is 0. The minimum atomic E-state index is 0.402. The molecule has 0 aliphatic carbocycles. The van der Waals surface area contributed by atoms with Crippen molar-refractivity contribution >= 4 is 22.8 Å². The Labute approximate surface area is 123 Å². The Morgan fingerprint density at radius 3 is 2.67 bits per heavy atom. The number of hydrogen-bond donors (Lipinski definition) is 1. The lowest BCUT2D eigenvalue weighted by molar-refractivity contribution is 0.617. The van der Waals surface area contributed by atoms with Crippen LogP contribution in [0.2, 0.25) is 0 Å². The average molecular weight is 279 g/mol. The van der Waals surface area contributed by atoms with E-state index in [1.807, 2.05) is 31.2 Å². The summed E-state index contributed by atoms with van der Waals surface area (Å²) in [4.78, 5) is 4.33. The van der Waals surface area contributed by atoms with Gasteiger partial charge in [0.1, 0.15) is 5.52 Å². The maximum absolute atomic E-state index is 5.57. The second-order valence-electron chi connectivity index (χ2n) is 5.09. The molecule has 1 heterocycles. The van der Waals surface area contributed by atoms with E-state index in [0.717, 1.165) is 22.4 Å². The Balaban J connectivity index is 1.82. The van der Waals surface area contributed by atoms with E-state index in [0.29, 0.717) is 6.01 Å². The molecule has 0 radical (unpaired) electrons. The maximum Gasteiger partial charge on any atom is 0.316 e. The van der Waals surface area contributed by atoms with Gasteiger partial charge in [0, 0.05) is 0 Å². The van der Waals surface area contributed by atoms with Crippen LogP contribution in [0, 0.1) is 13.8 Å². The van der Waals surface area contributed by atoms with E-state index in [2.05, 4.69) is 47.6 Å². The number of aryl methyl sites for hydroxylation is 2. The van der Waals surface area contributed by atoms with Crippen LogP contribution in [0.3, 0.4) is 0 Å². The molecule has 0 atom stereocenters. The van der Waals surface area contributed by atoms with E-state index in [-0.39, 0.29) is 0 Å². The van der Waals surface area contributed by atoms with Gasteiger partial charge >= 0.3 is 6.01 Å². The van der Waals surface area contributed by atoms with Crippen LogP contribution in [0.15, 0.2) is 52.0 Å². The number of benzene rings is 2. The highest BCUT2D eigenvalue weighted by Crippen LogP contribution is 2.18. The zero-order valence-corrected chi connectivity index (χ0v) is 12.3. The van der Waals surface area contributed by atoms with Crippen LogP contribution in [0.25, 0.3) is 11.1 Å². The molecule has 0 aliphatic heterocycles. The number of oxazole rings is 1. The smallest absolute Gasteiger partial charge is 0.316 e. The Bertz CT molecular complexity index is 785. The van der Waals surface area contributed by atoms with Gasteiger partial charge in [0.2, 0.25) is 0 Å². The predicted octanol–water partition coefficient (Wildman–Crippen LogP) is 4.28. The minimum Gasteiger partial charge on any atom is -0.422 e. The summed E-state index contributed by atoms with van der Waals surface area (Å²) >= 11 is 0. The molecule has 106 valence electrons. The number of hydrazone groups is 1. The lowest BCUT2D eigenvalue weighted by atomic mass is 10.0. The summed E-state index contributed by atoms with van der Waals surface area (Å²) in [5.74, 6) is 0. The topological polar surface area (TPSA) is 50.4 Å². The second kappa shape index (κ2) is 5.40. The lowest BCUT2D eigenvalue weighted by Gasteiger charge is -2.04. The van der Waals surface area contributed by atoms with Crippen molar-refractivity contribution in [3.8, 4) is 0 Å². The molecule has 0 spiro atoms. The van der Waals surface area contributed by atoms with Crippen LogP contribution in [0.4, 0.5) is 6.01 Å². The summed E-state index contributed by atoms with van der Waals surface area (Å²) in [6, 6.07) is 14.3. The molecule has 21 heavy (non-hydrogen) atoms. The molecular formula is C17H17N3O. The number of fused-ring (bicyclic) bond motifs is 1. The first kappa shape index (κ1) is 13.4. The molecule has 0 unspecified atom stereocenters. The van der Waals surface area contributed by atoms with Crippen molar-refractivity contribution in [1.29, 1.82) is 0 Å². The molecule has 4 nitrogen and oxygen atoms in total. The zero-order chi connectivity index (χ0) is 14.8. The number of hydrogen-bond acceptors (Lipinski definition) is 4. The predicted molar refractivity (Wildman–Crippen MR) is 85.8 cm³/mol. The standard InChI is InChI=1S/C17H17N3O/c1-11-8-9-14(10-12(11)2)13(3)19-20-17-18-15-6-4-5-7-16(15)21-17/h4-10H,1-3H3,(H,18,20)/b19-13-. The van der Waals surface area contributed by atoms with Crippen molar-refractivity contribution in [2.75, 3.05) is 5.43 Å². The Hall–Kier alpha value is -2.62. The lowest BCUT2D eigenvalue weighted by Crippen LogP contribution is -2.00. The molecule has 0 amide bonds. The Morgan fingerprint density at radius 2 is 1.90 bits per heavy atom. The van der Waals surface area contributed by atoms with Crippen LogP contribution < -0.4 is 5.43 Å². The second-order valence-corrected chi connectivity index (χ2v) is 5.09. The van der Waals surface area contributed by atoms with Gasteiger partial charge in [-0.25, -0.2) is 5.43 Å². The largest absolute Gasteiger partial charge is 0.422 e. The first-order valence-electron chi connectivity index (χ1n) is 6.87. The number of anilines is 1. The Kier molecular flexibility index (Phi) is 3.44. The summed E-state index contributed by atoms with van der Waals surface area (Å²) < 4.78 is 5.57. The monoisotopic (exact) mass is 279 g/mol. The maximum atomic E-state index is 5.57. The van der Waals surface area contributed by atoms with Crippen LogP contribution >= 0.6 is 0 Å². The van der Waals surface area contributed by atoms with E-state index in [1.54, 1.807) is 0 Å². The van der Waals surface area contributed by atoms with Gasteiger partial charge in [-0.15, -0.1) is 0 Å². The summed E-state index contributed by atoms with van der Waals surface area (Å²) in [6.07, 6.45) is 0. The molecule has 1 aromatic heterocycles. The van der Waals surface area contributed by atoms with Gasteiger partial charge in [-0.2, -0.15) is 10.1 Å². The summed E-state index contributed by atoms with van der Waals surface area (Å²) in [5.41, 5.74) is 8.95. The van der Waals surface area contributed by atoms with Crippen LogP contribution in [-0.4, -0.2) is 10.7 Å². The number of para-hydroxylation sites is 2. The molecular weight excluding hydrogens is 262 g/mol. The van der Waals surface area contributed by atoms with Crippen molar-refractivity contribution < 1.29 is 4.42 Å². The van der Waals surface area contributed by atoms with Gasteiger partial charge < -0.3 is 4.42 Å². The van der Waals surface area contributed by atoms with Gasteiger partial charge in [0.25, 0.3) is 0 Å². The van der Waals surface area contributed by atoms with Crippen molar-refractivity contribution in [3.63, 3.8) is 0 Å². The van der Waals surface area contributed by atoms with E-state index in [1.165, 1.54) is 11.1 Å². The molecule has 0 saturated heterocycles. The van der Waals surface area contributed by atoms with Crippen molar-refractivity contribution in [1.82, 2.24) is 4.98 Å². The first-order chi connectivity index (χ1) is 10.1. The van der Waals surface area contributed by atoms with Crippen molar-refractivity contribution in [2.24, 2.45) is 5.10 Å². The van der Waals surface area contributed by atoms with Crippen molar-refractivity contribution in [3.05, 3.63) is 59.2 Å². The van der Waals surface area contributed by atoms with Crippen LogP contribution in [-0.2, 0) is 0 Å². The zero-order valence-electron chi connectivity index (χ0n) is 12.3. The minimum absolute atomic E-state index is 0.402. The third-order valence-electron chi connectivity index (χ3n) is 3.54. The quantitative estimate of drug-likeness (QED) is 0.575. The molecule has 3 aromatic rings. The SMILES string of the molecule is C/C(=N/Nc1nc2ccccc2o1)c1ccc(C)c(C)c1. The molecule has 0 bridgehead atoms. The normalized spacial score (nSPS) is 11.9. The fraction of sp³-hybridized carbons (Fsp3) is 0.176. The molecule has 0 fully saturated rings. The van der Waals surface area contributed by atoms with E-state index >= 15 is 0 Å². The fourth-order valence-electron chi connectivity index (χ4n) is 2.08. The highest BCUT2D eigenvalue weighted by molar-refractivity contribution is 5.99. The molecule has 0 saturated carbocycles. The van der Waals surface area contributed by atoms with Crippen molar-refractivity contribution in [2.45, 2.75) is 20.8 Å². The third kappa shape index (κ3) is 2.79. The number of nitrogens with one attached hydrogen (secondary N) is 1. The fourth-order valence-corrected chi connectivity index (χ4v) is 2.08. The summed E-state index contributed by atoms with van der Waals surface area (Å²) in [6.45, 7) is 6.16. The molecule has 1 N–H and O–H groups in total. The van der Waals surface area contributed by atoms with E-state index < -0.39 is 0 Å².